The van der Waals surface area contributed by atoms with E-state index in [4.69, 9.17) is 6.42 Å². The summed E-state index contributed by atoms with van der Waals surface area (Å²) in [5, 5.41) is 0. The number of hydrogen-bond donors (Lipinski definition) is 0. The first kappa shape index (κ1) is 10.1. The van der Waals surface area contributed by atoms with E-state index in [9.17, 15) is 0 Å². The van der Waals surface area contributed by atoms with E-state index in [2.05, 4.69) is 12.8 Å². The van der Waals surface area contributed by atoms with Gasteiger partial charge in [0.25, 0.3) is 0 Å². The van der Waals surface area contributed by atoms with Crippen molar-refractivity contribution in [1.29, 1.82) is 0 Å². The first-order chi connectivity index (χ1) is 2.91. The van der Waals surface area contributed by atoms with E-state index in [-0.39, 0.29) is 17.1 Å². The van der Waals surface area contributed by atoms with E-state index in [1.54, 1.807) is 0 Å². The fourth-order valence-electron chi connectivity index (χ4n) is 0.279. The minimum atomic E-state index is 0. The molecule has 0 aromatic carbocycles. The van der Waals surface area contributed by atoms with Gasteiger partial charge in [0, 0.05) is 23.5 Å². The zero-order chi connectivity index (χ0) is 4.83. The monoisotopic (exact) mass is 145 g/mol. The molecule has 45 valence electrons. The van der Waals surface area contributed by atoms with E-state index in [0.717, 1.165) is 6.42 Å². The average molecular weight is 146 g/mol. The molecule has 0 saturated carbocycles. The molecule has 0 rings (SSSR count). The first-order valence-corrected chi connectivity index (χ1v) is 2.35. The summed E-state index contributed by atoms with van der Waals surface area (Å²) in [5.41, 5.74) is 0. The van der Waals surface area contributed by atoms with Gasteiger partial charge in [-0.25, -0.2) is 0 Å². The van der Waals surface area contributed by atoms with Crippen molar-refractivity contribution in [3.63, 3.8) is 0 Å². The van der Waals surface area contributed by atoms with Crippen molar-refractivity contribution in [3.8, 4) is 12.3 Å². The first-order valence-electron chi connectivity index (χ1n) is 2.35. The molecule has 0 aromatic rings. The van der Waals surface area contributed by atoms with Gasteiger partial charge in [-0.15, -0.1) is 12.3 Å². The second-order valence-corrected chi connectivity index (χ2v) is 1.31. The minimum absolute atomic E-state index is 0. The zero-order valence-electron chi connectivity index (χ0n) is 4.50. The van der Waals surface area contributed by atoms with Crippen LogP contribution in [-0.4, -0.2) is 0 Å². The standard InChI is InChI=1S/C6H10.Cu/c1-3-5-6-4-2;/h1H,4-6H2,2H3;. The van der Waals surface area contributed by atoms with Gasteiger partial charge >= 0.3 is 0 Å². The summed E-state index contributed by atoms with van der Waals surface area (Å²) in [4.78, 5) is 0. The van der Waals surface area contributed by atoms with Crippen molar-refractivity contribution >= 4 is 0 Å². The predicted molar refractivity (Wildman–Crippen MR) is 28.4 cm³/mol. The quantitative estimate of drug-likeness (QED) is 0.316. The Morgan fingerprint density at radius 2 is 2.14 bits per heavy atom. The van der Waals surface area contributed by atoms with Crippen LogP contribution >= 0.6 is 0 Å². The van der Waals surface area contributed by atoms with Crippen molar-refractivity contribution in [2.75, 3.05) is 0 Å². The molecule has 0 atom stereocenters. The van der Waals surface area contributed by atoms with Crippen LogP contribution in [0.2, 0.25) is 0 Å². The Balaban J connectivity index is 0. The average Bonchev–Trinajstić information content (AvgIpc) is 1.61. The molecule has 0 bridgehead atoms. The summed E-state index contributed by atoms with van der Waals surface area (Å²) in [5.74, 6) is 2.57. The Labute approximate surface area is 56.2 Å². The van der Waals surface area contributed by atoms with Gasteiger partial charge in [-0.05, 0) is 6.42 Å². The molecule has 1 radical (unpaired) electrons. The minimum Gasteiger partial charge on any atom is -0.120 e. The SMILES string of the molecule is C#CCCCC.[Cu]. The van der Waals surface area contributed by atoms with Gasteiger partial charge in [-0.1, -0.05) is 13.3 Å². The van der Waals surface area contributed by atoms with E-state index >= 15 is 0 Å². The maximum Gasteiger partial charge on any atom is 0.00859 e. The van der Waals surface area contributed by atoms with Gasteiger partial charge in [-0.3, -0.25) is 0 Å². The van der Waals surface area contributed by atoms with Crippen LogP contribution in [0.1, 0.15) is 26.2 Å². The second kappa shape index (κ2) is 9.43. The molecule has 0 saturated heterocycles. The number of terminal acetylenes is 1. The Hall–Kier alpha value is 0.0795. The summed E-state index contributed by atoms with van der Waals surface area (Å²) in [6.45, 7) is 2.14. The van der Waals surface area contributed by atoms with Crippen molar-refractivity contribution in [3.05, 3.63) is 0 Å². The summed E-state index contributed by atoms with van der Waals surface area (Å²) >= 11 is 0. The molecule has 0 aromatic heterocycles. The van der Waals surface area contributed by atoms with Crippen LogP contribution in [0, 0.1) is 12.3 Å². The van der Waals surface area contributed by atoms with Gasteiger partial charge in [-0.2, -0.15) is 0 Å². The Kier molecular flexibility index (Phi) is 13.7. The van der Waals surface area contributed by atoms with Gasteiger partial charge in [0.15, 0.2) is 0 Å². The number of rotatable bonds is 2. The van der Waals surface area contributed by atoms with Crippen molar-refractivity contribution in [2.45, 2.75) is 26.2 Å². The predicted octanol–water partition coefficient (Wildman–Crippen LogP) is 1.81. The fourth-order valence-corrected chi connectivity index (χ4v) is 0.279. The van der Waals surface area contributed by atoms with E-state index in [1.165, 1.54) is 12.8 Å². The molecule has 1 heteroatoms. The number of hydrogen-bond acceptors (Lipinski definition) is 0. The summed E-state index contributed by atoms with van der Waals surface area (Å²) in [6.07, 6.45) is 8.30. The largest absolute Gasteiger partial charge is 0.120 e. The molecular weight excluding hydrogens is 136 g/mol. The summed E-state index contributed by atoms with van der Waals surface area (Å²) in [6, 6.07) is 0. The van der Waals surface area contributed by atoms with Crippen molar-refractivity contribution in [1.82, 2.24) is 0 Å². The molecule has 0 fully saturated rings. The molecular formula is C6H10Cu. The van der Waals surface area contributed by atoms with Crippen molar-refractivity contribution in [2.24, 2.45) is 0 Å². The van der Waals surface area contributed by atoms with Crippen LogP contribution in [0.5, 0.6) is 0 Å². The Morgan fingerprint density at radius 3 is 2.29 bits per heavy atom. The van der Waals surface area contributed by atoms with Crippen LogP contribution in [0.25, 0.3) is 0 Å². The molecule has 0 nitrogen and oxygen atoms in total. The third kappa shape index (κ3) is 10.7. The maximum atomic E-state index is 4.96. The van der Waals surface area contributed by atoms with E-state index < -0.39 is 0 Å². The number of unbranched alkanes of at least 4 members (excludes halogenated alkanes) is 2. The van der Waals surface area contributed by atoms with Crippen LogP contribution in [0.4, 0.5) is 0 Å². The normalized spacial score (nSPS) is 6.29. The van der Waals surface area contributed by atoms with E-state index in [0.29, 0.717) is 0 Å². The van der Waals surface area contributed by atoms with Gasteiger partial charge in [0.1, 0.15) is 0 Å². The van der Waals surface area contributed by atoms with Crippen LogP contribution in [0.15, 0.2) is 0 Å². The molecule has 0 aliphatic heterocycles. The molecule has 0 heterocycles. The van der Waals surface area contributed by atoms with Gasteiger partial charge < -0.3 is 0 Å². The molecule has 0 aliphatic rings. The summed E-state index contributed by atoms with van der Waals surface area (Å²) < 4.78 is 0. The zero-order valence-corrected chi connectivity index (χ0v) is 5.44. The van der Waals surface area contributed by atoms with Gasteiger partial charge in [0.2, 0.25) is 0 Å². The maximum absolute atomic E-state index is 4.96. The molecule has 0 spiro atoms. The third-order valence-electron chi connectivity index (χ3n) is 0.675. The Bertz CT molecular complexity index is 51.7. The molecule has 0 N–H and O–H groups in total. The molecule has 7 heavy (non-hydrogen) atoms. The smallest absolute Gasteiger partial charge is 0.00859 e. The Morgan fingerprint density at radius 1 is 1.57 bits per heavy atom. The van der Waals surface area contributed by atoms with Crippen LogP contribution < -0.4 is 0 Å². The molecule has 0 amide bonds. The van der Waals surface area contributed by atoms with Crippen LogP contribution in [0.3, 0.4) is 0 Å². The summed E-state index contributed by atoms with van der Waals surface area (Å²) in [7, 11) is 0. The molecule has 0 aliphatic carbocycles. The van der Waals surface area contributed by atoms with Crippen molar-refractivity contribution < 1.29 is 17.1 Å². The fraction of sp³-hybridized carbons (Fsp3) is 0.667. The second-order valence-electron chi connectivity index (χ2n) is 1.31. The van der Waals surface area contributed by atoms with E-state index in [1.807, 2.05) is 0 Å². The third-order valence-corrected chi connectivity index (χ3v) is 0.675. The topological polar surface area (TPSA) is 0 Å². The van der Waals surface area contributed by atoms with Crippen LogP contribution in [-0.2, 0) is 17.1 Å². The molecule has 0 unspecified atom stereocenters. The van der Waals surface area contributed by atoms with Gasteiger partial charge in [0.05, 0.1) is 0 Å².